The third kappa shape index (κ3) is 15.6. The van der Waals surface area contributed by atoms with E-state index in [1.165, 1.54) is 24.1 Å². The number of hydrogen-bond donors (Lipinski definition) is 8. The third-order valence-electron chi connectivity index (χ3n) is 10.8. The molecule has 0 spiro atoms. The molecule has 1 aliphatic rings. The molecule has 328 valence electrons. The number of aliphatic carboxylic acids is 1. The molecule has 6 atom stereocenters. The molecule has 0 aliphatic carbocycles. The summed E-state index contributed by atoms with van der Waals surface area (Å²) >= 11 is 0. The molecule has 61 heavy (non-hydrogen) atoms. The normalized spacial score (nSPS) is 20.9. The number of nitrogens with zero attached hydrogens (tertiary/aromatic N) is 1. The van der Waals surface area contributed by atoms with E-state index in [1.54, 1.807) is 49.4 Å². The smallest absolute Gasteiger partial charge is 0.326 e. The number of carbonyl (C=O) groups is 7. The van der Waals surface area contributed by atoms with Gasteiger partial charge in [0.25, 0.3) is 0 Å². The molecule has 0 bridgehead atoms. The van der Waals surface area contributed by atoms with Gasteiger partial charge in [-0.05, 0) is 79.7 Å². The first-order valence-electron chi connectivity index (χ1n) is 20.8. The zero-order valence-corrected chi connectivity index (χ0v) is 35.0. The highest BCUT2D eigenvalue weighted by Crippen LogP contribution is 2.16. The Kier molecular flexibility index (Phi) is 18.6. The Balaban J connectivity index is 1.61. The standard InChI is InChI=1S/C45H59N7O9/c1-4-29(2)39-42(57)48-36(25-21-31-18-22-33(53)23-19-31)43(58)52(3)28-38(54)47-35(24-20-30-13-7-5-8-14-30)40(55)46-26-12-11-17-34(41(56)51-39)49-45(61)50-37(44(59)60)27-32-15-9-6-10-16-32/h5-10,13-16,18-19,22-23,29,34-37,39,53H,4,11-12,17,20-21,24-28H2,1-3H3,(H,46,55)(H,47,54)(H,48,57)(H,51,56)(H,59,60)(H2,49,50,61). The lowest BCUT2D eigenvalue weighted by Crippen LogP contribution is -2.60. The van der Waals surface area contributed by atoms with E-state index in [1.807, 2.05) is 37.3 Å². The zero-order valence-electron chi connectivity index (χ0n) is 35.0. The maximum absolute atomic E-state index is 14.2. The van der Waals surface area contributed by atoms with E-state index in [0.29, 0.717) is 37.7 Å². The average molecular weight is 842 g/mol. The molecule has 4 rings (SSSR count). The van der Waals surface area contributed by atoms with Crippen LogP contribution < -0.4 is 31.9 Å². The second-order valence-electron chi connectivity index (χ2n) is 15.5. The van der Waals surface area contributed by atoms with Crippen LogP contribution in [0.4, 0.5) is 4.79 Å². The topological polar surface area (TPSA) is 235 Å². The van der Waals surface area contributed by atoms with E-state index in [4.69, 9.17) is 0 Å². The van der Waals surface area contributed by atoms with Crippen LogP contribution in [0.25, 0.3) is 0 Å². The molecule has 7 amide bonds. The predicted molar refractivity (Wildman–Crippen MR) is 228 cm³/mol. The lowest BCUT2D eigenvalue weighted by Gasteiger charge is -2.30. The number of rotatable bonds is 13. The predicted octanol–water partition coefficient (Wildman–Crippen LogP) is 2.58. The van der Waals surface area contributed by atoms with Gasteiger partial charge in [0.05, 0.1) is 6.54 Å². The monoisotopic (exact) mass is 841 g/mol. The van der Waals surface area contributed by atoms with E-state index in [2.05, 4.69) is 31.9 Å². The molecule has 16 nitrogen and oxygen atoms in total. The summed E-state index contributed by atoms with van der Waals surface area (Å²) in [5.41, 5.74) is 2.42. The first-order valence-corrected chi connectivity index (χ1v) is 20.8. The first-order chi connectivity index (χ1) is 29.2. The molecular weight excluding hydrogens is 783 g/mol. The summed E-state index contributed by atoms with van der Waals surface area (Å²) in [7, 11) is 1.42. The van der Waals surface area contributed by atoms with Crippen LogP contribution in [-0.2, 0) is 48.0 Å². The summed E-state index contributed by atoms with van der Waals surface area (Å²) < 4.78 is 0. The summed E-state index contributed by atoms with van der Waals surface area (Å²) in [6.45, 7) is 3.36. The third-order valence-corrected chi connectivity index (χ3v) is 10.8. The lowest BCUT2D eigenvalue weighted by atomic mass is 9.96. The molecular formula is C45H59N7O9. The number of likely N-dealkylation sites (N-methyl/N-ethyl adjacent to an activating group) is 1. The average Bonchev–Trinajstić information content (AvgIpc) is 3.25. The Labute approximate surface area is 356 Å². The number of carboxylic acid groups (broad SMARTS) is 1. The molecule has 1 saturated heterocycles. The number of hydrogen-bond acceptors (Lipinski definition) is 8. The van der Waals surface area contributed by atoms with Crippen molar-refractivity contribution in [3.8, 4) is 5.75 Å². The SMILES string of the molecule is CCC(C)C1NC(=O)C(NC(=O)NC(Cc2ccccc2)C(=O)O)CCCCNC(=O)C(CCc2ccccc2)NC(=O)CN(C)C(=O)C(CCc2ccc(O)cc2)NC1=O. The molecule has 3 aromatic rings. The molecule has 16 heteroatoms. The summed E-state index contributed by atoms with van der Waals surface area (Å²) in [5.74, 6) is -4.59. The Morgan fingerprint density at radius 2 is 1.38 bits per heavy atom. The number of urea groups is 1. The highest BCUT2D eigenvalue weighted by atomic mass is 16.4. The number of carboxylic acids is 1. The number of aryl methyl sites for hydroxylation is 2. The number of phenols is 1. The molecule has 6 unspecified atom stereocenters. The fraction of sp³-hybridized carbons (Fsp3) is 0.444. The quantitative estimate of drug-likeness (QED) is 0.126. The summed E-state index contributed by atoms with van der Waals surface area (Å²) in [4.78, 5) is 95.9. The van der Waals surface area contributed by atoms with E-state index in [9.17, 15) is 43.8 Å². The van der Waals surface area contributed by atoms with Crippen molar-refractivity contribution in [1.29, 1.82) is 0 Å². The molecule has 0 radical (unpaired) electrons. The van der Waals surface area contributed by atoms with E-state index < -0.39 is 84.2 Å². The summed E-state index contributed by atoms with van der Waals surface area (Å²) in [5, 5.41) is 36.0. The molecule has 1 fully saturated rings. The Bertz CT molecular complexity index is 1930. The minimum atomic E-state index is -1.31. The van der Waals surface area contributed by atoms with Crippen molar-refractivity contribution in [2.24, 2.45) is 5.92 Å². The largest absolute Gasteiger partial charge is 0.508 e. The molecule has 0 aromatic heterocycles. The van der Waals surface area contributed by atoms with Gasteiger partial charge in [-0.2, -0.15) is 0 Å². The van der Waals surface area contributed by atoms with Gasteiger partial charge in [0.15, 0.2) is 0 Å². The van der Waals surface area contributed by atoms with Gasteiger partial charge in [0.1, 0.15) is 36.0 Å². The van der Waals surface area contributed by atoms with Crippen molar-refractivity contribution < 1.29 is 43.8 Å². The van der Waals surface area contributed by atoms with Crippen LogP contribution in [0.1, 0.15) is 69.1 Å². The van der Waals surface area contributed by atoms with Gasteiger partial charge in [0.2, 0.25) is 29.5 Å². The van der Waals surface area contributed by atoms with Crippen LogP contribution in [0, 0.1) is 5.92 Å². The second kappa shape index (κ2) is 24.0. The van der Waals surface area contributed by atoms with Crippen molar-refractivity contribution in [2.75, 3.05) is 20.1 Å². The molecule has 3 aromatic carbocycles. The highest BCUT2D eigenvalue weighted by molar-refractivity contribution is 5.96. The van der Waals surface area contributed by atoms with Crippen LogP contribution in [0.15, 0.2) is 84.9 Å². The Morgan fingerprint density at radius 1 is 0.770 bits per heavy atom. The fourth-order valence-electron chi connectivity index (χ4n) is 6.96. The van der Waals surface area contributed by atoms with Gasteiger partial charge in [-0.25, -0.2) is 9.59 Å². The number of carbonyl (C=O) groups excluding carboxylic acids is 6. The zero-order chi connectivity index (χ0) is 44.3. The van der Waals surface area contributed by atoms with Crippen molar-refractivity contribution >= 4 is 41.5 Å². The number of phenolic OH excluding ortho intramolecular Hbond substituents is 1. The van der Waals surface area contributed by atoms with Gasteiger partial charge in [-0.3, -0.25) is 24.0 Å². The van der Waals surface area contributed by atoms with Gasteiger partial charge >= 0.3 is 12.0 Å². The molecule has 1 heterocycles. The van der Waals surface area contributed by atoms with Gasteiger partial charge in [0, 0.05) is 20.0 Å². The fourth-order valence-corrected chi connectivity index (χ4v) is 6.96. The maximum atomic E-state index is 14.2. The van der Waals surface area contributed by atoms with E-state index >= 15 is 0 Å². The number of amides is 7. The van der Waals surface area contributed by atoms with Gasteiger partial charge in [-0.15, -0.1) is 0 Å². The summed E-state index contributed by atoms with van der Waals surface area (Å²) in [6.07, 6.45) is 2.36. The van der Waals surface area contributed by atoms with Crippen molar-refractivity contribution in [1.82, 2.24) is 36.8 Å². The van der Waals surface area contributed by atoms with Crippen molar-refractivity contribution in [3.05, 3.63) is 102 Å². The Hall–Kier alpha value is -6.45. The van der Waals surface area contributed by atoms with Crippen LogP contribution in [0.5, 0.6) is 5.75 Å². The van der Waals surface area contributed by atoms with Crippen LogP contribution in [-0.4, -0.2) is 107 Å². The minimum Gasteiger partial charge on any atom is -0.508 e. The highest BCUT2D eigenvalue weighted by Gasteiger charge is 2.34. The van der Waals surface area contributed by atoms with E-state index in [-0.39, 0.29) is 38.0 Å². The molecule has 0 saturated carbocycles. The van der Waals surface area contributed by atoms with Crippen LogP contribution in [0.3, 0.4) is 0 Å². The number of nitrogens with one attached hydrogen (secondary N) is 6. The number of aromatic hydroxyl groups is 1. The second-order valence-corrected chi connectivity index (χ2v) is 15.5. The Morgan fingerprint density at radius 3 is 2.00 bits per heavy atom. The van der Waals surface area contributed by atoms with Crippen LogP contribution in [0.2, 0.25) is 0 Å². The van der Waals surface area contributed by atoms with Crippen LogP contribution >= 0.6 is 0 Å². The number of benzene rings is 3. The van der Waals surface area contributed by atoms with E-state index in [0.717, 1.165) is 11.1 Å². The lowest BCUT2D eigenvalue weighted by molar-refractivity contribution is -0.140. The van der Waals surface area contributed by atoms with Gasteiger partial charge < -0.3 is 47.0 Å². The molecule has 1 aliphatic heterocycles. The molecule has 8 N–H and O–H groups in total. The minimum absolute atomic E-state index is 0.00890. The van der Waals surface area contributed by atoms with Crippen molar-refractivity contribution in [3.63, 3.8) is 0 Å². The summed E-state index contributed by atoms with van der Waals surface area (Å²) in [6, 6.07) is 17.9. The van der Waals surface area contributed by atoms with Crippen molar-refractivity contribution in [2.45, 2.75) is 102 Å². The van der Waals surface area contributed by atoms with Gasteiger partial charge in [-0.1, -0.05) is 93.1 Å². The maximum Gasteiger partial charge on any atom is 0.326 e. The first kappa shape index (κ1) is 47.2.